The van der Waals surface area contributed by atoms with E-state index in [1.165, 1.54) is 19.3 Å². The van der Waals surface area contributed by atoms with Crippen LogP contribution in [0.2, 0.25) is 0 Å². The fourth-order valence-electron chi connectivity index (χ4n) is 2.14. The number of hydrogen-bond acceptors (Lipinski definition) is 2. The predicted molar refractivity (Wildman–Crippen MR) is 58.3 cm³/mol. The van der Waals surface area contributed by atoms with Crippen LogP contribution < -0.4 is 0 Å². The van der Waals surface area contributed by atoms with Crippen LogP contribution in [0.4, 0.5) is 0 Å². The summed E-state index contributed by atoms with van der Waals surface area (Å²) in [5.41, 5.74) is 0. The molecule has 1 rings (SSSR count). The molecule has 0 aromatic carbocycles. The zero-order valence-corrected chi connectivity index (χ0v) is 9.54. The lowest BCUT2D eigenvalue weighted by molar-refractivity contribution is -0.0681. The van der Waals surface area contributed by atoms with Gasteiger partial charge in [-0.2, -0.15) is 0 Å². The number of aliphatic hydroxyl groups is 1. The van der Waals surface area contributed by atoms with Crippen LogP contribution in [0.15, 0.2) is 0 Å². The van der Waals surface area contributed by atoms with Crippen LogP contribution in [-0.4, -0.2) is 23.9 Å². The maximum atomic E-state index is 9.69. The Labute approximate surface area is 87.7 Å². The molecule has 0 aromatic rings. The normalized spacial score (nSPS) is 30.2. The average Bonchev–Trinajstić information content (AvgIpc) is 2.17. The molecule has 0 aromatic heterocycles. The fourth-order valence-corrected chi connectivity index (χ4v) is 2.14. The molecule has 1 aliphatic rings. The molecular weight excluding hydrogens is 176 g/mol. The van der Waals surface area contributed by atoms with E-state index >= 15 is 0 Å². The zero-order chi connectivity index (χ0) is 10.4. The Bertz CT molecular complexity index is 147. The Morgan fingerprint density at radius 2 is 2.07 bits per heavy atom. The van der Waals surface area contributed by atoms with Crippen LogP contribution in [0.25, 0.3) is 0 Å². The molecule has 1 aliphatic carbocycles. The molecule has 0 amide bonds. The molecule has 0 aliphatic heterocycles. The van der Waals surface area contributed by atoms with E-state index in [1.54, 1.807) is 0 Å². The molecule has 0 spiro atoms. The second kappa shape index (κ2) is 6.41. The Balaban J connectivity index is 2.15. The first-order valence-corrected chi connectivity index (χ1v) is 6.03. The van der Waals surface area contributed by atoms with Gasteiger partial charge < -0.3 is 9.84 Å². The maximum Gasteiger partial charge on any atom is 0.0834 e. The van der Waals surface area contributed by atoms with E-state index in [0.717, 1.165) is 25.9 Å². The van der Waals surface area contributed by atoms with Gasteiger partial charge in [-0.05, 0) is 25.2 Å². The fraction of sp³-hybridized carbons (Fsp3) is 1.00. The zero-order valence-electron chi connectivity index (χ0n) is 9.54. The van der Waals surface area contributed by atoms with E-state index in [4.69, 9.17) is 4.74 Å². The molecule has 1 fully saturated rings. The molecular formula is C12H24O2. The molecule has 2 heteroatoms. The van der Waals surface area contributed by atoms with Crippen molar-refractivity contribution in [3.05, 3.63) is 0 Å². The van der Waals surface area contributed by atoms with Crippen molar-refractivity contribution in [2.45, 2.75) is 64.6 Å². The number of ether oxygens (including phenoxy) is 1. The minimum Gasteiger partial charge on any atom is -0.390 e. The first-order chi connectivity index (χ1) is 6.74. The Hall–Kier alpha value is -0.0800. The number of rotatable bonds is 5. The predicted octanol–water partition coefficient (Wildman–Crippen LogP) is 2.74. The van der Waals surface area contributed by atoms with Crippen molar-refractivity contribution in [2.24, 2.45) is 5.92 Å². The van der Waals surface area contributed by atoms with Gasteiger partial charge in [0.2, 0.25) is 0 Å². The molecule has 1 saturated carbocycles. The summed E-state index contributed by atoms with van der Waals surface area (Å²) in [5, 5.41) is 9.69. The largest absolute Gasteiger partial charge is 0.390 e. The molecule has 0 heterocycles. The van der Waals surface area contributed by atoms with E-state index in [-0.39, 0.29) is 12.2 Å². The highest BCUT2D eigenvalue weighted by molar-refractivity contribution is 4.74. The van der Waals surface area contributed by atoms with Gasteiger partial charge in [0.25, 0.3) is 0 Å². The molecule has 0 bridgehead atoms. The minimum atomic E-state index is -0.211. The van der Waals surface area contributed by atoms with Crippen LogP contribution in [0.1, 0.15) is 52.4 Å². The summed E-state index contributed by atoms with van der Waals surface area (Å²) in [7, 11) is 0. The van der Waals surface area contributed by atoms with Gasteiger partial charge in [-0.1, -0.05) is 33.1 Å². The topological polar surface area (TPSA) is 29.5 Å². The molecule has 84 valence electrons. The smallest absolute Gasteiger partial charge is 0.0834 e. The molecule has 3 atom stereocenters. The summed E-state index contributed by atoms with van der Waals surface area (Å²) in [6.07, 6.45) is 6.68. The van der Waals surface area contributed by atoms with Gasteiger partial charge in [-0.25, -0.2) is 0 Å². The Kier molecular flexibility index (Phi) is 5.49. The lowest BCUT2D eigenvalue weighted by Gasteiger charge is -2.28. The monoisotopic (exact) mass is 200 g/mol. The Morgan fingerprint density at radius 1 is 1.36 bits per heavy atom. The van der Waals surface area contributed by atoms with Crippen molar-refractivity contribution >= 4 is 0 Å². The van der Waals surface area contributed by atoms with Crippen molar-refractivity contribution in [2.75, 3.05) is 6.61 Å². The highest BCUT2D eigenvalue weighted by Crippen LogP contribution is 2.22. The van der Waals surface area contributed by atoms with Crippen molar-refractivity contribution in [3.8, 4) is 0 Å². The van der Waals surface area contributed by atoms with Crippen LogP contribution in [0.3, 0.4) is 0 Å². The van der Waals surface area contributed by atoms with Gasteiger partial charge in [-0.15, -0.1) is 0 Å². The first kappa shape index (κ1) is 12.0. The molecule has 14 heavy (non-hydrogen) atoms. The summed E-state index contributed by atoms with van der Waals surface area (Å²) >= 11 is 0. The lowest BCUT2D eigenvalue weighted by atomic mass is 9.94. The van der Waals surface area contributed by atoms with Gasteiger partial charge in [0.15, 0.2) is 0 Å². The standard InChI is InChI=1S/C12H24O2/c1-3-6-10(2)9-14-12-8-5-4-7-11(12)13/h10-13H,3-9H2,1-2H3. The van der Waals surface area contributed by atoms with Crippen LogP contribution in [-0.2, 0) is 4.74 Å². The molecule has 1 N–H and O–H groups in total. The van der Waals surface area contributed by atoms with E-state index in [2.05, 4.69) is 13.8 Å². The summed E-state index contributed by atoms with van der Waals surface area (Å²) in [6, 6.07) is 0. The third-order valence-corrected chi connectivity index (χ3v) is 3.04. The van der Waals surface area contributed by atoms with Crippen molar-refractivity contribution in [1.29, 1.82) is 0 Å². The molecule has 3 unspecified atom stereocenters. The van der Waals surface area contributed by atoms with Gasteiger partial charge in [-0.3, -0.25) is 0 Å². The SMILES string of the molecule is CCCC(C)COC1CCCCC1O. The minimum absolute atomic E-state index is 0.114. The summed E-state index contributed by atoms with van der Waals surface area (Å²) in [4.78, 5) is 0. The lowest BCUT2D eigenvalue weighted by Crippen LogP contribution is -2.33. The first-order valence-electron chi connectivity index (χ1n) is 6.03. The highest BCUT2D eigenvalue weighted by Gasteiger charge is 2.23. The summed E-state index contributed by atoms with van der Waals surface area (Å²) in [6.45, 7) is 5.24. The van der Waals surface area contributed by atoms with Crippen molar-refractivity contribution < 1.29 is 9.84 Å². The van der Waals surface area contributed by atoms with Crippen LogP contribution in [0, 0.1) is 5.92 Å². The van der Waals surface area contributed by atoms with E-state index in [0.29, 0.717) is 5.92 Å². The average molecular weight is 200 g/mol. The van der Waals surface area contributed by atoms with Crippen molar-refractivity contribution in [1.82, 2.24) is 0 Å². The third kappa shape index (κ3) is 3.97. The maximum absolute atomic E-state index is 9.69. The van der Waals surface area contributed by atoms with E-state index in [9.17, 15) is 5.11 Å². The quantitative estimate of drug-likeness (QED) is 0.739. The second-order valence-electron chi connectivity index (χ2n) is 4.62. The second-order valence-corrected chi connectivity index (χ2v) is 4.62. The Morgan fingerprint density at radius 3 is 2.71 bits per heavy atom. The van der Waals surface area contributed by atoms with Crippen LogP contribution >= 0.6 is 0 Å². The third-order valence-electron chi connectivity index (χ3n) is 3.04. The number of aliphatic hydroxyl groups excluding tert-OH is 1. The van der Waals surface area contributed by atoms with Gasteiger partial charge in [0, 0.05) is 6.61 Å². The van der Waals surface area contributed by atoms with E-state index < -0.39 is 0 Å². The van der Waals surface area contributed by atoms with Crippen molar-refractivity contribution in [3.63, 3.8) is 0 Å². The van der Waals surface area contributed by atoms with Gasteiger partial charge in [0.05, 0.1) is 12.2 Å². The summed E-state index contributed by atoms with van der Waals surface area (Å²) in [5.74, 6) is 0.633. The highest BCUT2D eigenvalue weighted by atomic mass is 16.5. The molecule has 0 saturated heterocycles. The van der Waals surface area contributed by atoms with Gasteiger partial charge in [0.1, 0.15) is 0 Å². The van der Waals surface area contributed by atoms with Gasteiger partial charge >= 0.3 is 0 Å². The van der Waals surface area contributed by atoms with E-state index in [1.807, 2.05) is 0 Å². The number of hydrogen-bond donors (Lipinski definition) is 1. The van der Waals surface area contributed by atoms with Crippen LogP contribution in [0.5, 0.6) is 0 Å². The molecule has 0 radical (unpaired) electrons. The summed E-state index contributed by atoms with van der Waals surface area (Å²) < 4.78 is 5.76. The molecule has 2 nitrogen and oxygen atoms in total.